The van der Waals surface area contributed by atoms with E-state index in [0.717, 1.165) is 18.0 Å². The molecule has 3 saturated heterocycles. The van der Waals surface area contributed by atoms with Gasteiger partial charge in [0.2, 0.25) is 0 Å². The Labute approximate surface area is 143 Å². The Balaban J connectivity index is 1.33. The lowest BCUT2D eigenvalue weighted by molar-refractivity contribution is 0.0176. The van der Waals surface area contributed by atoms with E-state index in [0.29, 0.717) is 6.04 Å². The van der Waals surface area contributed by atoms with Crippen molar-refractivity contribution in [1.82, 2.24) is 19.6 Å². The lowest BCUT2D eigenvalue weighted by Gasteiger charge is -2.47. The van der Waals surface area contributed by atoms with Crippen LogP contribution in [0.3, 0.4) is 0 Å². The van der Waals surface area contributed by atoms with E-state index in [4.69, 9.17) is 0 Å². The number of nitrogens with zero attached hydrogens (tertiary/aromatic N) is 4. The van der Waals surface area contributed by atoms with Crippen molar-refractivity contribution < 1.29 is 0 Å². The Morgan fingerprint density at radius 2 is 1.30 bits per heavy atom. The quantitative estimate of drug-likeness (QED) is 0.765. The molecule has 4 nitrogen and oxygen atoms in total. The van der Waals surface area contributed by atoms with Crippen molar-refractivity contribution in [3.8, 4) is 0 Å². The molecule has 0 radical (unpaired) electrons. The molecule has 3 heterocycles. The summed E-state index contributed by atoms with van der Waals surface area (Å²) in [7, 11) is 0. The smallest absolute Gasteiger partial charge is 0.0121 e. The van der Waals surface area contributed by atoms with E-state index in [9.17, 15) is 0 Å². The van der Waals surface area contributed by atoms with Crippen molar-refractivity contribution in [1.29, 1.82) is 0 Å². The molecule has 0 aliphatic carbocycles. The Kier molecular flexibility index (Phi) is 6.00. The third kappa shape index (κ3) is 4.47. The number of hydrogen-bond acceptors (Lipinski definition) is 4. The summed E-state index contributed by atoms with van der Waals surface area (Å²) in [6, 6.07) is 2.31. The standard InChI is InChI=1S/C19H38N4/c1-16(2)21-9-11-22(12-10-21)19-5-7-20(8-6-19)13-18-14-23(15-18)17(3)4/h16-19H,5-15H2,1-4H3. The van der Waals surface area contributed by atoms with E-state index in [1.165, 1.54) is 71.7 Å². The monoisotopic (exact) mass is 322 g/mol. The molecule has 134 valence electrons. The first-order chi connectivity index (χ1) is 11.0. The Bertz CT molecular complexity index is 348. The van der Waals surface area contributed by atoms with Crippen molar-refractivity contribution in [2.75, 3.05) is 58.9 Å². The second kappa shape index (κ2) is 7.81. The van der Waals surface area contributed by atoms with Gasteiger partial charge in [0, 0.05) is 63.9 Å². The summed E-state index contributed by atoms with van der Waals surface area (Å²) in [6.45, 7) is 21.1. The fourth-order valence-electron chi connectivity index (χ4n) is 4.60. The lowest BCUT2D eigenvalue weighted by Crippen LogP contribution is -2.57. The average molecular weight is 323 g/mol. The molecule has 0 spiro atoms. The van der Waals surface area contributed by atoms with Gasteiger partial charge >= 0.3 is 0 Å². The molecular weight excluding hydrogens is 284 g/mol. The molecule has 0 aromatic rings. The molecule has 0 unspecified atom stereocenters. The highest BCUT2D eigenvalue weighted by Crippen LogP contribution is 2.23. The van der Waals surface area contributed by atoms with E-state index in [1.54, 1.807) is 0 Å². The molecule has 0 atom stereocenters. The van der Waals surface area contributed by atoms with Gasteiger partial charge in [0.1, 0.15) is 0 Å². The molecule has 0 bridgehead atoms. The molecule has 0 aromatic carbocycles. The van der Waals surface area contributed by atoms with Gasteiger partial charge < -0.3 is 9.80 Å². The van der Waals surface area contributed by atoms with Gasteiger partial charge in [0.05, 0.1) is 0 Å². The molecule has 3 aliphatic heterocycles. The topological polar surface area (TPSA) is 13.0 Å². The number of rotatable bonds is 5. The van der Waals surface area contributed by atoms with Crippen LogP contribution in [-0.4, -0.2) is 96.6 Å². The van der Waals surface area contributed by atoms with Crippen LogP contribution in [-0.2, 0) is 0 Å². The van der Waals surface area contributed by atoms with E-state index in [-0.39, 0.29) is 0 Å². The van der Waals surface area contributed by atoms with Crippen molar-refractivity contribution in [3.63, 3.8) is 0 Å². The van der Waals surface area contributed by atoms with Crippen LogP contribution in [0.4, 0.5) is 0 Å². The summed E-state index contributed by atoms with van der Waals surface area (Å²) < 4.78 is 0. The Morgan fingerprint density at radius 1 is 0.739 bits per heavy atom. The second-order valence-corrected chi connectivity index (χ2v) is 8.61. The highest BCUT2D eigenvalue weighted by Gasteiger charge is 2.32. The molecule has 3 aliphatic rings. The fraction of sp³-hybridized carbons (Fsp3) is 1.00. The van der Waals surface area contributed by atoms with Gasteiger partial charge in [-0.2, -0.15) is 0 Å². The van der Waals surface area contributed by atoms with Crippen molar-refractivity contribution in [3.05, 3.63) is 0 Å². The van der Waals surface area contributed by atoms with Gasteiger partial charge in [-0.05, 0) is 59.5 Å². The Morgan fingerprint density at radius 3 is 1.83 bits per heavy atom. The normalized spacial score (nSPS) is 27.9. The van der Waals surface area contributed by atoms with E-state index in [1.807, 2.05) is 0 Å². The summed E-state index contributed by atoms with van der Waals surface area (Å²) in [5.74, 6) is 0.934. The van der Waals surface area contributed by atoms with Crippen LogP contribution in [0.2, 0.25) is 0 Å². The van der Waals surface area contributed by atoms with Gasteiger partial charge in [0.25, 0.3) is 0 Å². The molecule has 23 heavy (non-hydrogen) atoms. The van der Waals surface area contributed by atoms with Crippen LogP contribution < -0.4 is 0 Å². The maximum atomic E-state index is 2.78. The van der Waals surface area contributed by atoms with Crippen LogP contribution in [0, 0.1) is 5.92 Å². The van der Waals surface area contributed by atoms with Crippen LogP contribution >= 0.6 is 0 Å². The predicted molar refractivity (Wildman–Crippen MR) is 97.9 cm³/mol. The maximum absolute atomic E-state index is 2.78. The van der Waals surface area contributed by atoms with E-state index < -0.39 is 0 Å². The summed E-state index contributed by atoms with van der Waals surface area (Å²) >= 11 is 0. The zero-order valence-corrected chi connectivity index (χ0v) is 15.9. The molecule has 3 fully saturated rings. The zero-order valence-electron chi connectivity index (χ0n) is 15.9. The molecule has 0 saturated carbocycles. The SMILES string of the molecule is CC(C)N1CCN(C2CCN(CC3CN(C(C)C)C3)CC2)CC1. The van der Waals surface area contributed by atoms with E-state index >= 15 is 0 Å². The first-order valence-electron chi connectivity index (χ1n) is 9.97. The van der Waals surface area contributed by atoms with Crippen molar-refractivity contribution in [2.24, 2.45) is 5.92 Å². The molecule has 4 heteroatoms. The second-order valence-electron chi connectivity index (χ2n) is 8.61. The maximum Gasteiger partial charge on any atom is 0.0121 e. The summed E-state index contributed by atoms with van der Waals surface area (Å²) in [5, 5.41) is 0. The van der Waals surface area contributed by atoms with Gasteiger partial charge in [0.15, 0.2) is 0 Å². The molecule has 0 amide bonds. The minimum atomic E-state index is 0.715. The summed E-state index contributed by atoms with van der Waals surface area (Å²) in [4.78, 5) is 10.7. The van der Waals surface area contributed by atoms with Crippen molar-refractivity contribution >= 4 is 0 Å². The highest BCUT2D eigenvalue weighted by molar-refractivity contribution is 4.88. The summed E-state index contributed by atoms with van der Waals surface area (Å²) in [5.41, 5.74) is 0. The molecule has 0 aromatic heterocycles. The minimum absolute atomic E-state index is 0.715. The number of hydrogen-bond donors (Lipinski definition) is 0. The van der Waals surface area contributed by atoms with E-state index in [2.05, 4.69) is 47.3 Å². The molecule has 3 rings (SSSR count). The first kappa shape index (κ1) is 17.7. The van der Waals surface area contributed by atoms with Crippen molar-refractivity contribution in [2.45, 2.75) is 58.7 Å². The van der Waals surface area contributed by atoms with Crippen LogP contribution in [0.1, 0.15) is 40.5 Å². The first-order valence-corrected chi connectivity index (χ1v) is 9.97. The average Bonchev–Trinajstić information content (AvgIpc) is 2.51. The lowest BCUT2D eigenvalue weighted by atomic mass is 9.95. The number of piperazine rings is 1. The van der Waals surface area contributed by atoms with Gasteiger partial charge in [-0.15, -0.1) is 0 Å². The third-order valence-corrected chi connectivity index (χ3v) is 6.38. The van der Waals surface area contributed by atoms with Crippen LogP contribution in [0.15, 0.2) is 0 Å². The van der Waals surface area contributed by atoms with Gasteiger partial charge in [-0.1, -0.05) is 0 Å². The Hall–Kier alpha value is -0.160. The zero-order chi connectivity index (χ0) is 16.4. The van der Waals surface area contributed by atoms with Gasteiger partial charge in [-0.3, -0.25) is 9.80 Å². The highest BCUT2D eigenvalue weighted by atomic mass is 15.3. The molecular formula is C19H38N4. The fourth-order valence-corrected chi connectivity index (χ4v) is 4.60. The summed E-state index contributed by atoms with van der Waals surface area (Å²) in [6.07, 6.45) is 2.78. The predicted octanol–water partition coefficient (Wildman–Crippen LogP) is 1.82. The third-order valence-electron chi connectivity index (χ3n) is 6.38. The number of likely N-dealkylation sites (tertiary alicyclic amines) is 2. The van der Waals surface area contributed by atoms with Crippen LogP contribution in [0.5, 0.6) is 0 Å². The van der Waals surface area contributed by atoms with Crippen LogP contribution in [0.25, 0.3) is 0 Å². The minimum Gasteiger partial charge on any atom is -0.303 e. The largest absolute Gasteiger partial charge is 0.303 e. The number of piperidine rings is 1. The van der Waals surface area contributed by atoms with Gasteiger partial charge in [-0.25, -0.2) is 0 Å². The molecule has 0 N–H and O–H groups in total.